The number of alkyl halides is 3. The van der Waals surface area contributed by atoms with Crippen LogP contribution in [0.3, 0.4) is 0 Å². The third kappa shape index (κ3) is 4.40. The average Bonchev–Trinajstić information content (AvgIpc) is 3.04. The molecule has 2 N–H and O–H groups in total. The minimum absolute atomic E-state index is 0.0777. The molecule has 1 saturated heterocycles. The van der Waals surface area contributed by atoms with Crippen molar-refractivity contribution in [2.24, 2.45) is 4.99 Å². The zero-order valence-corrected chi connectivity index (χ0v) is 16.8. The van der Waals surface area contributed by atoms with Gasteiger partial charge in [0.15, 0.2) is 0 Å². The second-order valence-corrected chi connectivity index (χ2v) is 7.81. The Balaban J connectivity index is 1.41. The number of benzene rings is 2. The van der Waals surface area contributed by atoms with Gasteiger partial charge in [-0.2, -0.15) is 13.2 Å². The van der Waals surface area contributed by atoms with E-state index in [9.17, 15) is 22.8 Å². The third-order valence-corrected chi connectivity index (χ3v) is 5.53. The molecular weight excluding hydrogens is 409 g/mol. The highest BCUT2D eigenvalue weighted by molar-refractivity contribution is 6.46. The molecule has 0 aromatic heterocycles. The second kappa shape index (κ2) is 7.72. The molecule has 162 valence electrons. The summed E-state index contributed by atoms with van der Waals surface area (Å²) in [5.41, 5.74) is 0.692. The van der Waals surface area contributed by atoms with Crippen LogP contribution >= 0.6 is 0 Å². The van der Waals surface area contributed by atoms with Crippen LogP contribution in [0.5, 0.6) is 0 Å². The predicted molar refractivity (Wildman–Crippen MR) is 110 cm³/mol. The summed E-state index contributed by atoms with van der Waals surface area (Å²) < 4.78 is 38.6. The summed E-state index contributed by atoms with van der Waals surface area (Å²) in [6.07, 6.45) is -3.64. The van der Waals surface area contributed by atoms with Crippen LogP contribution in [-0.2, 0) is 11.0 Å². The van der Waals surface area contributed by atoms with Crippen LogP contribution in [0.25, 0.3) is 0 Å². The van der Waals surface area contributed by atoms with Crippen LogP contribution in [0.2, 0.25) is 0 Å². The summed E-state index contributed by atoms with van der Waals surface area (Å²) in [5.74, 6) is -0.245. The topological polar surface area (TPSA) is 73.8 Å². The normalized spacial score (nSPS) is 18.0. The summed E-state index contributed by atoms with van der Waals surface area (Å²) in [6, 6.07) is 11.6. The summed E-state index contributed by atoms with van der Waals surface area (Å²) in [4.78, 5) is 31.2. The number of nitrogens with one attached hydrogen (secondary N) is 2. The number of hydrogen-bond acceptors (Lipinski definition) is 3. The monoisotopic (exact) mass is 430 g/mol. The molecule has 4 rings (SSSR count). The number of carbonyl (C=O) groups is 2. The van der Waals surface area contributed by atoms with Gasteiger partial charge in [0.1, 0.15) is 11.4 Å². The maximum absolute atomic E-state index is 12.9. The zero-order chi connectivity index (χ0) is 22.2. The summed E-state index contributed by atoms with van der Waals surface area (Å²) in [6.45, 7) is 2.59. The first kappa shape index (κ1) is 20.9. The third-order valence-electron chi connectivity index (χ3n) is 5.53. The Morgan fingerprint density at radius 3 is 2.45 bits per heavy atom. The molecule has 0 atom stereocenters. The highest BCUT2D eigenvalue weighted by Gasteiger charge is 2.43. The predicted octanol–water partition coefficient (Wildman–Crippen LogP) is 3.96. The quantitative estimate of drug-likeness (QED) is 0.757. The first-order chi connectivity index (χ1) is 14.7. The number of hydrogen-bond donors (Lipinski definition) is 2. The van der Waals surface area contributed by atoms with Crippen molar-refractivity contribution in [3.05, 3.63) is 65.2 Å². The minimum atomic E-state index is -4.48. The average molecular weight is 430 g/mol. The van der Waals surface area contributed by atoms with Crippen molar-refractivity contribution in [3.63, 3.8) is 0 Å². The van der Waals surface area contributed by atoms with Gasteiger partial charge in [-0.25, -0.2) is 4.79 Å². The van der Waals surface area contributed by atoms with E-state index in [0.29, 0.717) is 31.6 Å². The highest BCUT2D eigenvalue weighted by atomic mass is 19.4. The molecule has 1 fully saturated rings. The molecule has 2 aliphatic heterocycles. The summed E-state index contributed by atoms with van der Waals surface area (Å²) in [7, 11) is 0. The van der Waals surface area contributed by atoms with Crippen LogP contribution in [0, 0.1) is 6.92 Å². The second-order valence-electron chi connectivity index (χ2n) is 7.81. The first-order valence-electron chi connectivity index (χ1n) is 9.88. The molecule has 3 amide bonds. The van der Waals surface area contributed by atoms with Gasteiger partial charge in [-0.1, -0.05) is 35.9 Å². The zero-order valence-electron chi connectivity index (χ0n) is 16.8. The number of aryl methyl sites for hydroxylation is 1. The number of rotatable bonds is 2. The number of carbonyl (C=O) groups excluding carboxylic acids is 2. The van der Waals surface area contributed by atoms with Crippen LogP contribution in [0.15, 0.2) is 53.5 Å². The molecule has 0 unspecified atom stereocenters. The molecule has 9 heteroatoms. The van der Waals surface area contributed by atoms with E-state index in [-0.39, 0.29) is 11.6 Å². The van der Waals surface area contributed by atoms with Gasteiger partial charge in [0.2, 0.25) is 0 Å². The highest BCUT2D eigenvalue weighted by Crippen LogP contribution is 2.32. The van der Waals surface area contributed by atoms with Gasteiger partial charge in [0.25, 0.3) is 5.91 Å². The standard InChI is InChI=1S/C22H21F3N4O2/c1-14-5-7-15(8-6-14)18-19(30)28-21(27-18)9-11-29(12-10-21)20(31)26-17-4-2-3-16(13-17)22(23,24)25/h2-8,13H,9-12H2,1H3,(H,26,31)(H,28,30). The maximum atomic E-state index is 12.9. The molecule has 0 aliphatic carbocycles. The van der Waals surface area contributed by atoms with E-state index < -0.39 is 23.4 Å². The Bertz CT molecular complexity index is 1040. The molecule has 6 nitrogen and oxygen atoms in total. The Kier molecular flexibility index (Phi) is 5.20. The molecule has 31 heavy (non-hydrogen) atoms. The van der Waals surface area contributed by atoms with E-state index in [1.807, 2.05) is 31.2 Å². The number of halogens is 3. The Morgan fingerprint density at radius 1 is 1.13 bits per heavy atom. The fraction of sp³-hybridized carbons (Fsp3) is 0.318. The van der Waals surface area contributed by atoms with Crippen LogP contribution in [0.1, 0.15) is 29.5 Å². The van der Waals surface area contributed by atoms with Crippen molar-refractivity contribution in [2.75, 3.05) is 18.4 Å². The lowest BCUT2D eigenvalue weighted by atomic mass is 9.98. The van der Waals surface area contributed by atoms with E-state index in [0.717, 1.165) is 23.3 Å². The van der Waals surface area contributed by atoms with Crippen molar-refractivity contribution in [1.82, 2.24) is 10.2 Å². The summed E-state index contributed by atoms with van der Waals surface area (Å²) in [5, 5.41) is 5.46. The van der Waals surface area contributed by atoms with Crippen molar-refractivity contribution in [3.8, 4) is 0 Å². The van der Waals surface area contributed by atoms with Gasteiger partial charge >= 0.3 is 12.2 Å². The number of nitrogens with zero attached hydrogens (tertiary/aromatic N) is 2. The molecule has 2 aliphatic rings. The molecule has 2 aromatic carbocycles. The molecule has 1 spiro atoms. The van der Waals surface area contributed by atoms with Gasteiger partial charge in [-0.3, -0.25) is 9.79 Å². The molecule has 0 saturated carbocycles. The molecule has 2 heterocycles. The van der Waals surface area contributed by atoms with E-state index in [1.54, 1.807) is 0 Å². The lowest BCUT2D eigenvalue weighted by molar-refractivity contribution is -0.137. The van der Waals surface area contributed by atoms with Gasteiger partial charge in [-0.05, 0) is 25.1 Å². The van der Waals surface area contributed by atoms with Gasteiger partial charge in [-0.15, -0.1) is 0 Å². The lowest BCUT2D eigenvalue weighted by Gasteiger charge is -2.37. The smallest absolute Gasteiger partial charge is 0.326 e. The van der Waals surface area contributed by atoms with E-state index in [2.05, 4.69) is 15.6 Å². The van der Waals surface area contributed by atoms with E-state index in [4.69, 9.17) is 0 Å². The Morgan fingerprint density at radius 2 is 1.81 bits per heavy atom. The SMILES string of the molecule is Cc1ccc(C2=NC3(CCN(C(=O)Nc4cccc(C(F)(F)F)c4)CC3)NC2=O)cc1. The number of likely N-dealkylation sites (tertiary alicyclic amines) is 1. The van der Waals surface area contributed by atoms with Gasteiger partial charge in [0, 0.05) is 37.2 Å². The number of aliphatic imine (C=N–C) groups is 1. The van der Waals surface area contributed by atoms with E-state index in [1.165, 1.54) is 17.0 Å². The maximum Gasteiger partial charge on any atom is 0.416 e. The van der Waals surface area contributed by atoms with Crippen molar-refractivity contribution in [1.29, 1.82) is 0 Å². The number of amides is 3. The number of anilines is 1. The largest absolute Gasteiger partial charge is 0.416 e. The number of piperidine rings is 1. The minimum Gasteiger partial charge on any atom is -0.326 e. The first-order valence-corrected chi connectivity index (χ1v) is 9.88. The fourth-order valence-corrected chi connectivity index (χ4v) is 3.76. The molecule has 2 aromatic rings. The van der Waals surface area contributed by atoms with Crippen molar-refractivity contribution < 1.29 is 22.8 Å². The van der Waals surface area contributed by atoms with Crippen molar-refractivity contribution >= 4 is 23.3 Å². The van der Waals surface area contributed by atoms with Gasteiger partial charge < -0.3 is 15.5 Å². The van der Waals surface area contributed by atoms with Crippen LogP contribution in [-0.4, -0.2) is 41.3 Å². The summed E-state index contributed by atoms with van der Waals surface area (Å²) >= 11 is 0. The van der Waals surface area contributed by atoms with E-state index >= 15 is 0 Å². The lowest BCUT2D eigenvalue weighted by Crippen LogP contribution is -2.53. The van der Waals surface area contributed by atoms with Crippen LogP contribution in [0.4, 0.5) is 23.7 Å². The Labute approximate surface area is 177 Å². The number of urea groups is 1. The molecule has 0 radical (unpaired) electrons. The Hall–Kier alpha value is -3.36. The molecule has 0 bridgehead atoms. The molecular formula is C22H21F3N4O2. The van der Waals surface area contributed by atoms with Crippen molar-refractivity contribution in [2.45, 2.75) is 31.6 Å². The van der Waals surface area contributed by atoms with Crippen LogP contribution < -0.4 is 10.6 Å². The fourth-order valence-electron chi connectivity index (χ4n) is 3.76. The van der Waals surface area contributed by atoms with Gasteiger partial charge in [0.05, 0.1) is 5.56 Å².